The lowest BCUT2D eigenvalue weighted by molar-refractivity contribution is 0.204. The second-order valence-electron chi connectivity index (χ2n) is 3.94. The highest BCUT2D eigenvalue weighted by Gasteiger charge is 2.05. The first-order chi connectivity index (χ1) is 9.02. The third kappa shape index (κ3) is 5.08. The Bertz CT molecular complexity index is 527. The molecule has 1 rings (SSSR count). The molecule has 3 heteroatoms. The van der Waals surface area contributed by atoms with Crippen LogP contribution in [0.2, 0.25) is 0 Å². The molecule has 3 nitrogen and oxygen atoms in total. The van der Waals surface area contributed by atoms with Crippen molar-refractivity contribution in [2.45, 2.75) is 6.92 Å². The van der Waals surface area contributed by atoms with Crippen LogP contribution >= 0.6 is 0 Å². The number of allylic oxidation sites excluding steroid dienone is 4. The SMILES string of the molecule is C=C/C(=C\C(=C)C(=C)C)NC(=O)Oc1ccccc1. The van der Waals surface area contributed by atoms with Crippen molar-refractivity contribution < 1.29 is 9.53 Å². The molecule has 1 amide bonds. The van der Waals surface area contributed by atoms with Gasteiger partial charge in [-0.1, -0.05) is 43.5 Å². The van der Waals surface area contributed by atoms with Gasteiger partial charge in [-0.2, -0.15) is 0 Å². The summed E-state index contributed by atoms with van der Waals surface area (Å²) in [5.41, 5.74) is 2.04. The normalized spacial score (nSPS) is 10.5. The van der Waals surface area contributed by atoms with Gasteiger partial charge in [-0.15, -0.1) is 0 Å². The Kier molecular flexibility index (Phi) is 5.35. The van der Waals surface area contributed by atoms with Gasteiger partial charge in [-0.25, -0.2) is 4.79 Å². The number of carbonyl (C=O) groups excluding carboxylic acids is 1. The molecule has 0 spiro atoms. The van der Waals surface area contributed by atoms with E-state index in [0.717, 1.165) is 11.1 Å². The lowest BCUT2D eigenvalue weighted by Crippen LogP contribution is -2.25. The quantitative estimate of drug-likeness (QED) is 0.808. The van der Waals surface area contributed by atoms with Gasteiger partial charge in [0.15, 0.2) is 0 Å². The van der Waals surface area contributed by atoms with Crippen LogP contribution in [0.1, 0.15) is 6.92 Å². The second kappa shape index (κ2) is 7.01. The van der Waals surface area contributed by atoms with E-state index in [4.69, 9.17) is 4.74 Å². The van der Waals surface area contributed by atoms with Gasteiger partial charge in [0.25, 0.3) is 0 Å². The first-order valence-corrected chi connectivity index (χ1v) is 5.75. The molecule has 0 saturated carbocycles. The number of para-hydroxylation sites is 1. The van der Waals surface area contributed by atoms with E-state index in [1.54, 1.807) is 30.3 Å². The van der Waals surface area contributed by atoms with Crippen molar-refractivity contribution >= 4 is 6.09 Å². The van der Waals surface area contributed by atoms with Gasteiger partial charge in [0.05, 0.1) is 0 Å². The smallest absolute Gasteiger partial charge is 0.410 e. The molecule has 1 aromatic rings. The van der Waals surface area contributed by atoms with Crippen LogP contribution in [0, 0.1) is 0 Å². The zero-order valence-electron chi connectivity index (χ0n) is 11.0. The molecule has 0 unspecified atom stereocenters. The first kappa shape index (κ1) is 14.5. The summed E-state index contributed by atoms with van der Waals surface area (Å²) >= 11 is 0. The van der Waals surface area contributed by atoms with Crippen molar-refractivity contribution in [3.8, 4) is 5.75 Å². The summed E-state index contributed by atoms with van der Waals surface area (Å²) in [6.45, 7) is 13.0. The number of ether oxygens (including phenoxy) is 1. The number of hydrogen-bond donors (Lipinski definition) is 1. The number of rotatable bonds is 5. The van der Waals surface area contributed by atoms with Gasteiger partial charge in [0, 0.05) is 5.70 Å². The van der Waals surface area contributed by atoms with Crippen molar-refractivity contribution in [1.82, 2.24) is 5.32 Å². The van der Waals surface area contributed by atoms with Crippen molar-refractivity contribution in [1.29, 1.82) is 0 Å². The number of hydrogen-bond acceptors (Lipinski definition) is 2. The van der Waals surface area contributed by atoms with Gasteiger partial charge >= 0.3 is 6.09 Å². The van der Waals surface area contributed by atoms with Gasteiger partial charge in [0.2, 0.25) is 0 Å². The van der Waals surface area contributed by atoms with Crippen LogP contribution in [0.15, 0.2) is 79.1 Å². The molecular weight excluding hydrogens is 238 g/mol. The number of benzene rings is 1. The summed E-state index contributed by atoms with van der Waals surface area (Å²) in [6, 6.07) is 8.82. The van der Waals surface area contributed by atoms with Crippen LogP contribution in [0.5, 0.6) is 5.75 Å². The molecular formula is C16H17NO2. The van der Waals surface area contributed by atoms with E-state index in [0.29, 0.717) is 11.4 Å². The van der Waals surface area contributed by atoms with Gasteiger partial charge in [-0.3, -0.25) is 5.32 Å². The minimum Gasteiger partial charge on any atom is -0.410 e. The van der Waals surface area contributed by atoms with Crippen LogP contribution in [0.3, 0.4) is 0 Å². The summed E-state index contributed by atoms with van der Waals surface area (Å²) in [5, 5.41) is 2.58. The third-order valence-corrected chi connectivity index (χ3v) is 2.30. The Morgan fingerprint density at radius 1 is 1.26 bits per heavy atom. The lowest BCUT2D eigenvalue weighted by Gasteiger charge is -2.08. The fraction of sp³-hybridized carbons (Fsp3) is 0.0625. The highest BCUT2D eigenvalue weighted by Crippen LogP contribution is 2.10. The molecule has 19 heavy (non-hydrogen) atoms. The largest absolute Gasteiger partial charge is 0.417 e. The fourth-order valence-corrected chi connectivity index (χ4v) is 1.20. The summed E-state index contributed by atoms with van der Waals surface area (Å²) in [7, 11) is 0. The Balaban J connectivity index is 2.66. The molecule has 0 bridgehead atoms. The van der Waals surface area contributed by atoms with Crippen molar-refractivity contribution in [3.63, 3.8) is 0 Å². The summed E-state index contributed by atoms with van der Waals surface area (Å²) < 4.78 is 5.10. The maximum absolute atomic E-state index is 11.7. The Labute approximate surface area is 113 Å². The predicted molar refractivity (Wildman–Crippen MR) is 77.8 cm³/mol. The third-order valence-electron chi connectivity index (χ3n) is 2.30. The lowest BCUT2D eigenvalue weighted by atomic mass is 10.1. The van der Waals surface area contributed by atoms with E-state index < -0.39 is 6.09 Å². The number of nitrogens with one attached hydrogen (secondary N) is 1. The average molecular weight is 255 g/mol. The summed E-state index contributed by atoms with van der Waals surface area (Å²) in [4.78, 5) is 11.7. The second-order valence-corrected chi connectivity index (χ2v) is 3.94. The molecule has 0 aliphatic heterocycles. The molecule has 0 fully saturated rings. The monoisotopic (exact) mass is 255 g/mol. The molecule has 1 aromatic carbocycles. The zero-order valence-corrected chi connectivity index (χ0v) is 11.0. The fourth-order valence-electron chi connectivity index (χ4n) is 1.20. The number of carbonyl (C=O) groups is 1. The number of amides is 1. The molecule has 1 N–H and O–H groups in total. The van der Waals surface area contributed by atoms with Crippen LogP contribution < -0.4 is 10.1 Å². The summed E-state index contributed by atoms with van der Waals surface area (Å²) in [6.07, 6.45) is 2.62. The molecule has 98 valence electrons. The predicted octanol–water partition coefficient (Wildman–Crippen LogP) is 3.98. The molecule has 0 aliphatic rings. The van der Waals surface area contributed by atoms with Crippen molar-refractivity contribution in [2.75, 3.05) is 0 Å². The maximum Gasteiger partial charge on any atom is 0.417 e. The van der Waals surface area contributed by atoms with E-state index in [9.17, 15) is 4.79 Å². The average Bonchev–Trinajstić information content (AvgIpc) is 2.38. The van der Waals surface area contributed by atoms with Gasteiger partial charge in [0.1, 0.15) is 5.75 Å². The van der Waals surface area contributed by atoms with E-state index in [-0.39, 0.29) is 0 Å². The van der Waals surface area contributed by atoms with Crippen molar-refractivity contribution in [2.24, 2.45) is 0 Å². The highest BCUT2D eigenvalue weighted by atomic mass is 16.6. The topological polar surface area (TPSA) is 38.3 Å². The molecule has 0 saturated heterocycles. The van der Waals surface area contributed by atoms with Crippen LogP contribution in [0.4, 0.5) is 4.79 Å². The Hall–Kier alpha value is -2.55. The zero-order chi connectivity index (χ0) is 14.3. The van der Waals surface area contributed by atoms with E-state index in [1.165, 1.54) is 6.08 Å². The Morgan fingerprint density at radius 2 is 1.89 bits per heavy atom. The summed E-state index contributed by atoms with van der Waals surface area (Å²) in [5.74, 6) is 0.474. The Morgan fingerprint density at radius 3 is 2.42 bits per heavy atom. The van der Waals surface area contributed by atoms with E-state index in [2.05, 4.69) is 25.1 Å². The van der Waals surface area contributed by atoms with Crippen molar-refractivity contribution in [3.05, 3.63) is 79.1 Å². The van der Waals surface area contributed by atoms with Gasteiger partial charge in [-0.05, 0) is 36.8 Å². The van der Waals surface area contributed by atoms with Crippen LogP contribution in [-0.4, -0.2) is 6.09 Å². The van der Waals surface area contributed by atoms with Crippen LogP contribution in [-0.2, 0) is 0 Å². The molecule has 0 aromatic heterocycles. The highest BCUT2D eigenvalue weighted by molar-refractivity contribution is 5.73. The van der Waals surface area contributed by atoms with Gasteiger partial charge < -0.3 is 4.74 Å². The molecule has 0 atom stereocenters. The minimum atomic E-state index is -0.577. The maximum atomic E-state index is 11.7. The first-order valence-electron chi connectivity index (χ1n) is 5.75. The molecule has 0 radical (unpaired) electrons. The van der Waals surface area contributed by atoms with E-state index >= 15 is 0 Å². The molecule has 0 aliphatic carbocycles. The molecule has 0 heterocycles. The van der Waals surface area contributed by atoms with Crippen LogP contribution in [0.25, 0.3) is 0 Å². The minimum absolute atomic E-state index is 0.474. The standard InChI is InChI=1S/C16H17NO2/c1-5-14(11-13(4)12(2)3)17-16(18)19-15-9-7-6-8-10-15/h5-11H,1-2,4H2,3H3,(H,17,18)/b14-11+. The van der Waals surface area contributed by atoms with E-state index in [1.807, 2.05) is 13.0 Å².